The van der Waals surface area contributed by atoms with Gasteiger partial charge in [-0.15, -0.1) is 0 Å². The summed E-state index contributed by atoms with van der Waals surface area (Å²) < 4.78 is 19.2. The molecule has 0 aromatic rings. The van der Waals surface area contributed by atoms with E-state index in [2.05, 4.69) is 9.05 Å². The van der Waals surface area contributed by atoms with Gasteiger partial charge in [0.1, 0.15) is 5.76 Å². The second kappa shape index (κ2) is 7.44. The molecule has 0 saturated carbocycles. The molecule has 0 N–H and O–H groups in total. The van der Waals surface area contributed by atoms with E-state index in [4.69, 9.17) is 0 Å². The Labute approximate surface area is 111 Å². The number of allylic oxidation sites excluding steroid dienone is 1. The largest absolute Gasteiger partial charge is 1.00 e. The molecule has 0 radical (unpaired) electrons. The number of rotatable bonds is 4. The number of phosphoric ester groups is 1. The maximum Gasteiger partial charge on any atom is 1.00 e. The first kappa shape index (κ1) is 17.6. The van der Waals surface area contributed by atoms with E-state index in [1.54, 1.807) is 14.1 Å². The number of amides is 1. The van der Waals surface area contributed by atoms with Crippen LogP contribution in [0.25, 0.3) is 0 Å². The third-order valence-corrected chi connectivity index (χ3v) is 2.21. The monoisotopic (exact) mass is 245 g/mol. The zero-order valence-corrected chi connectivity index (χ0v) is 12.4. The Morgan fingerprint density at radius 2 is 1.93 bits per heavy atom. The summed E-state index contributed by atoms with van der Waals surface area (Å²) in [5.74, 6) is -0.400. The van der Waals surface area contributed by atoms with Gasteiger partial charge in [0.2, 0.25) is 5.91 Å². The molecule has 0 spiro atoms. The molecule has 0 aromatic carbocycles. The number of hydrogen-bond donors (Lipinski definition) is 0. The fraction of sp³-hybridized carbons (Fsp3) is 0.571. The molecular formula is C7H13NNaO5P. The molecule has 1 unspecified atom stereocenters. The van der Waals surface area contributed by atoms with Crippen molar-refractivity contribution in [2.24, 2.45) is 0 Å². The molecule has 15 heavy (non-hydrogen) atoms. The molecule has 0 bridgehead atoms. The van der Waals surface area contributed by atoms with Crippen LogP contribution >= 0.6 is 7.82 Å². The van der Waals surface area contributed by atoms with Crippen LogP contribution in [0, 0.1) is 0 Å². The number of likely N-dealkylation sites (N-methyl/N-ethyl adjacent to an activating group) is 1. The van der Waals surface area contributed by atoms with Crippen molar-refractivity contribution in [2.75, 3.05) is 21.2 Å². The van der Waals surface area contributed by atoms with E-state index in [9.17, 15) is 14.3 Å². The van der Waals surface area contributed by atoms with Crippen LogP contribution < -0.4 is 34.5 Å². The van der Waals surface area contributed by atoms with Gasteiger partial charge in [0.05, 0.1) is 0 Å². The summed E-state index contributed by atoms with van der Waals surface area (Å²) in [7, 11) is -0.242. The van der Waals surface area contributed by atoms with Gasteiger partial charge in [-0.05, 0) is 6.92 Å². The molecule has 82 valence electrons. The first-order valence-electron chi connectivity index (χ1n) is 3.74. The van der Waals surface area contributed by atoms with Crippen molar-refractivity contribution in [3.63, 3.8) is 0 Å². The molecule has 0 aliphatic carbocycles. The molecule has 1 amide bonds. The van der Waals surface area contributed by atoms with Gasteiger partial charge in [-0.3, -0.25) is 9.36 Å². The van der Waals surface area contributed by atoms with Crippen LogP contribution in [0.2, 0.25) is 0 Å². The van der Waals surface area contributed by atoms with Crippen LogP contribution in [0.15, 0.2) is 11.8 Å². The third kappa shape index (κ3) is 8.02. The van der Waals surface area contributed by atoms with Crippen molar-refractivity contribution in [3.8, 4) is 0 Å². The van der Waals surface area contributed by atoms with Gasteiger partial charge in [-0.25, -0.2) is 0 Å². The van der Waals surface area contributed by atoms with Gasteiger partial charge in [-0.1, -0.05) is 0 Å². The first-order chi connectivity index (χ1) is 6.28. The minimum atomic E-state index is -4.31. The topological polar surface area (TPSA) is 78.9 Å². The zero-order chi connectivity index (χ0) is 11.4. The Hall–Kier alpha value is 0.160. The molecule has 6 nitrogen and oxygen atoms in total. The van der Waals surface area contributed by atoms with Gasteiger partial charge in [0, 0.05) is 27.3 Å². The summed E-state index contributed by atoms with van der Waals surface area (Å²) in [6.07, 6.45) is 1.06. The number of phosphoric acid groups is 1. The minimum absolute atomic E-state index is 0. The second-order valence-electron chi connectivity index (χ2n) is 2.71. The second-order valence-corrected chi connectivity index (χ2v) is 4.15. The van der Waals surface area contributed by atoms with Crippen LogP contribution in [-0.2, 0) is 18.4 Å². The average Bonchev–Trinajstić information content (AvgIpc) is 2.02. The predicted molar refractivity (Wildman–Crippen MR) is 48.2 cm³/mol. The molecular weight excluding hydrogens is 232 g/mol. The normalized spacial score (nSPS) is 14.9. The molecule has 0 rings (SSSR count). The van der Waals surface area contributed by atoms with E-state index in [1.165, 1.54) is 11.8 Å². The average molecular weight is 245 g/mol. The fourth-order valence-electron chi connectivity index (χ4n) is 0.543. The summed E-state index contributed by atoms with van der Waals surface area (Å²) in [5, 5.41) is 0. The van der Waals surface area contributed by atoms with E-state index < -0.39 is 7.82 Å². The maximum atomic E-state index is 11.1. The molecule has 1 atom stereocenters. The maximum absolute atomic E-state index is 11.1. The molecule has 0 heterocycles. The first-order valence-corrected chi connectivity index (χ1v) is 5.20. The standard InChI is InChI=1S/C7H14NO5P.Na/c1-6(5-7(9)8(2)3)13-14(10,11)12-4;/h5H,1-4H3,(H,10,11);/q;+1/p-1. The number of carbonyl (C=O) groups is 1. The number of nitrogens with zero attached hydrogens (tertiary/aromatic N) is 1. The van der Waals surface area contributed by atoms with Crippen molar-refractivity contribution in [2.45, 2.75) is 6.92 Å². The quantitative estimate of drug-likeness (QED) is 0.230. The van der Waals surface area contributed by atoms with Gasteiger partial charge in [0.15, 0.2) is 0 Å². The van der Waals surface area contributed by atoms with Gasteiger partial charge in [-0.2, -0.15) is 0 Å². The van der Waals surface area contributed by atoms with E-state index in [1.807, 2.05) is 0 Å². The van der Waals surface area contributed by atoms with E-state index in [0.717, 1.165) is 13.2 Å². The Morgan fingerprint density at radius 3 is 2.27 bits per heavy atom. The Bertz CT molecular complexity index is 291. The van der Waals surface area contributed by atoms with E-state index in [-0.39, 0.29) is 41.2 Å². The third-order valence-electron chi connectivity index (χ3n) is 1.25. The van der Waals surface area contributed by atoms with Crippen LogP contribution in [-0.4, -0.2) is 32.0 Å². The predicted octanol–water partition coefficient (Wildman–Crippen LogP) is -2.89. The fourth-order valence-corrected chi connectivity index (χ4v) is 1.02. The molecule has 8 heteroatoms. The summed E-state index contributed by atoms with van der Waals surface area (Å²) in [4.78, 5) is 23.1. The minimum Gasteiger partial charge on any atom is -0.746 e. The SMILES string of the molecule is COP(=O)([O-])OC(C)=CC(=O)N(C)C.[Na+]. The van der Waals surface area contributed by atoms with Crippen LogP contribution in [0.3, 0.4) is 0 Å². The molecule has 0 aliphatic rings. The van der Waals surface area contributed by atoms with E-state index >= 15 is 0 Å². The summed E-state index contributed by atoms with van der Waals surface area (Å²) in [5.41, 5.74) is 0. The van der Waals surface area contributed by atoms with Gasteiger partial charge >= 0.3 is 37.4 Å². The van der Waals surface area contributed by atoms with Crippen LogP contribution in [0.5, 0.6) is 0 Å². The van der Waals surface area contributed by atoms with Gasteiger partial charge < -0.3 is 18.8 Å². The Morgan fingerprint density at radius 1 is 1.47 bits per heavy atom. The summed E-state index contributed by atoms with van der Waals surface area (Å²) >= 11 is 0. The summed E-state index contributed by atoms with van der Waals surface area (Å²) in [6, 6.07) is 0. The van der Waals surface area contributed by atoms with E-state index in [0.29, 0.717) is 0 Å². The molecule has 0 aromatic heterocycles. The molecule has 0 fully saturated rings. The van der Waals surface area contributed by atoms with Gasteiger partial charge in [0.25, 0.3) is 0 Å². The smallest absolute Gasteiger partial charge is 0.746 e. The molecule has 0 aliphatic heterocycles. The van der Waals surface area contributed by atoms with Crippen molar-refractivity contribution >= 4 is 13.7 Å². The Balaban J connectivity index is 0. The van der Waals surface area contributed by atoms with Crippen molar-refractivity contribution in [3.05, 3.63) is 11.8 Å². The van der Waals surface area contributed by atoms with Crippen molar-refractivity contribution in [1.82, 2.24) is 4.90 Å². The van der Waals surface area contributed by atoms with Crippen molar-refractivity contribution in [1.29, 1.82) is 0 Å². The Kier molecular flexibility index (Phi) is 8.70. The molecule has 0 saturated heterocycles. The van der Waals surface area contributed by atoms with Crippen LogP contribution in [0.4, 0.5) is 0 Å². The number of carbonyl (C=O) groups excluding carboxylic acids is 1. The number of hydrogen-bond acceptors (Lipinski definition) is 5. The van der Waals surface area contributed by atoms with Crippen molar-refractivity contribution < 1.29 is 52.9 Å². The zero-order valence-electron chi connectivity index (χ0n) is 9.51. The summed E-state index contributed by atoms with van der Waals surface area (Å²) in [6.45, 7) is 1.35. The van der Waals surface area contributed by atoms with Crippen LogP contribution in [0.1, 0.15) is 6.92 Å².